The summed E-state index contributed by atoms with van der Waals surface area (Å²) in [6.45, 7) is 0. The number of fused-ring (bicyclic) bond motifs is 5. The van der Waals surface area contributed by atoms with E-state index in [0.29, 0.717) is 5.56 Å². The number of nitrogens with two attached hydrogens (primary N) is 1. The van der Waals surface area contributed by atoms with E-state index in [1.807, 2.05) is 48.5 Å². The Labute approximate surface area is 115 Å². The van der Waals surface area contributed by atoms with Gasteiger partial charge in [0.1, 0.15) is 0 Å². The molecule has 1 aromatic heterocycles. The molecule has 4 rings (SSSR count). The second-order valence-electron chi connectivity index (χ2n) is 4.93. The van der Waals surface area contributed by atoms with E-state index in [1.54, 1.807) is 0 Å². The van der Waals surface area contributed by atoms with Crippen LogP contribution in [0.3, 0.4) is 0 Å². The zero-order chi connectivity index (χ0) is 13.7. The number of benzene rings is 3. The molecule has 3 N–H and O–H groups in total. The zero-order valence-electron chi connectivity index (χ0n) is 10.7. The third-order valence-corrected chi connectivity index (χ3v) is 3.77. The van der Waals surface area contributed by atoms with Gasteiger partial charge in [-0.05, 0) is 17.5 Å². The molecule has 1 heterocycles. The first-order valence-electron chi connectivity index (χ1n) is 6.47. The summed E-state index contributed by atoms with van der Waals surface area (Å²) in [5.41, 5.74) is 8.12. The van der Waals surface area contributed by atoms with Crippen molar-refractivity contribution in [2.75, 3.05) is 0 Å². The first kappa shape index (κ1) is 11.1. The summed E-state index contributed by atoms with van der Waals surface area (Å²) in [5, 5.41) is 4.05. The predicted molar refractivity (Wildman–Crippen MR) is 81.8 cm³/mol. The molecule has 0 aliphatic carbocycles. The van der Waals surface area contributed by atoms with Crippen LogP contribution in [0.25, 0.3) is 32.6 Å². The lowest BCUT2D eigenvalue weighted by Gasteiger charge is -2.04. The molecule has 3 aromatic carbocycles. The van der Waals surface area contributed by atoms with E-state index in [9.17, 15) is 4.79 Å². The Morgan fingerprint density at radius 2 is 1.65 bits per heavy atom. The number of aromatic nitrogens is 1. The zero-order valence-corrected chi connectivity index (χ0v) is 10.7. The van der Waals surface area contributed by atoms with Crippen LogP contribution in [0.15, 0.2) is 54.6 Å². The first-order valence-corrected chi connectivity index (χ1v) is 6.47. The molecule has 20 heavy (non-hydrogen) atoms. The number of carbonyl (C=O) groups is 1. The minimum atomic E-state index is -0.398. The summed E-state index contributed by atoms with van der Waals surface area (Å²) in [4.78, 5) is 15.2. The number of carbonyl (C=O) groups excluding carboxylic acids is 1. The molecule has 0 saturated heterocycles. The molecule has 4 aromatic rings. The monoisotopic (exact) mass is 260 g/mol. The van der Waals surface area contributed by atoms with Gasteiger partial charge >= 0.3 is 0 Å². The van der Waals surface area contributed by atoms with Crippen molar-refractivity contribution in [3.8, 4) is 0 Å². The van der Waals surface area contributed by atoms with Gasteiger partial charge in [-0.2, -0.15) is 0 Å². The van der Waals surface area contributed by atoms with Gasteiger partial charge in [0.15, 0.2) is 0 Å². The third-order valence-electron chi connectivity index (χ3n) is 3.77. The van der Waals surface area contributed by atoms with Gasteiger partial charge in [0.25, 0.3) is 0 Å². The standard InChI is InChI=1S/C17H12N2O/c18-17(20)13-9-10-5-1-2-6-11(10)16-15(13)12-7-3-4-8-14(12)19-16/h1-9,19H,(H2,18,20). The van der Waals surface area contributed by atoms with Crippen molar-refractivity contribution in [1.29, 1.82) is 0 Å². The van der Waals surface area contributed by atoms with Crippen molar-refractivity contribution in [3.63, 3.8) is 0 Å². The van der Waals surface area contributed by atoms with E-state index < -0.39 is 5.91 Å². The molecule has 0 spiro atoms. The molecule has 3 heteroatoms. The van der Waals surface area contributed by atoms with Crippen molar-refractivity contribution in [1.82, 2.24) is 4.98 Å². The van der Waals surface area contributed by atoms with Gasteiger partial charge in [-0.3, -0.25) is 4.79 Å². The Balaban J connectivity index is 2.36. The molecule has 0 aliphatic rings. The molecule has 1 amide bonds. The number of primary amides is 1. The maximum Gasteiger partial charge on any atom is 0.249 e. The molecular formula is C17H12N2O. The molecule has 0 unspecified atom stereocenters. The van der Waals surface area contributed by atoms with Crippen molar-refractivity contribution in [2.24, 2.45) is 5.73 Å². The summed E-state index contributed by atoms with van der Waals surface area (Å²) in [6.07, 6.45) is 0. The minimum absolute atomic E-state index is 0.398. The molecule has 96 valence electrons. The number of rotatable bonds is 1. The smallest absolute Gasteiger partial charge is 0.249 e. The molecule has 0 radical (unpaired) electrons. The Morgan fingerprint density at radius 3 is 2.45 bits per heavy atom. The molecule has 0 fully saturated rings. The third kappa shape index (κ3) is 1.37. The minimum Gasteiger partial charge on any atom is -0.366 e. The number of hydrogen-bond donors (Lipinski definition) is 2. The van der Waals surface area contributed by atoms with Crippen LogP contribution in [-0.2, 0) is 0 Å². The SMILES string of the molecule is NC(=O)c1cc2ccccc2c2[nH]c3ccccc3c12. The number of aromatic amines is 1. The Kier molecular flexibility index (Phi) is 2.12. The molecule has 0 saturated carbocycles. The van der Waals surface area contributed by atoms with E-state index >= 15 is 0 Å². The van der Waals surface area contributed by atoms with E-state index in [-0.39, 0.29) is 0 Å². The van der Waals surface area contributed by atoms with Crippen LogP contribution in [0, 0.1) is 0 Å². The van der Waals surface area contributed by atoms with E-state index in [2.05, 4.69) is 11.1 Å². The average molecular weight is 260 g/mol. The van der Waals surface area contributed by atoms with Crippen LogP contribution in [-0.4, -0.2) is 10.9 Å². The highest BCUT2D eigenvalue weighted by Crippen LogP contribution is 2.33. The summed E-state index contributed by atoms with van der Waals surface area (Å²) in [7, 11) is 0. The summed E-state index contributed by atoms with van der Waals surface area (Å²) >= 11 is 0. The van der Waals surface area contributed by atoms with Crippen molar-refractivity contribution < 1.29 is 4.79 Å². The molecule has 0 bridgehead atoms. The summed E-state index contributed by atoms with van der Waals surface area (Å²) in [6, 6.07) is 17.8. The van der Waals surface area contributed by atoms with E-state index in [0.717, 1.165) is 32.6 Å². The number of hydrogen-bond acceptors (Lipinski definition) is 1. The Morgan fingerprint density at radius 1 is 0.950 bits per heavy atom. The lowest BCUT2D eigenvalue weighted by atomic mass is 10.00. The quantitative estimate of drug-likeness (QED) is 0.540. The normalized spacial score (nSPS) is 11.4. The van der Waals surface area contributed by atoms with Crippen LogP contribution < -0.4 is 5.73 Å². The highest BCUT2D eigenvalue weighted by Gasteiger charge is 2.15. The van der Waals surface area contributed by atoms with Gasteiger partial charge in [-0.15, -0.1) is 0 Å². The highest BCUT2D eigenvalue weighted by molar-refractivity contribution is 6.24. The topological polar surface area (TPSA) is 58.9 Å². The van der Waals surface area contributed by atoms with Gasteiger partial charge < -0.3 is 10.7 Å². The maximum atomic E-state index is 11.8. The van der Waals surface area contributed by atoms with Gasteiger partial charge in [0, 0.05) is 27.2 Å². The van der Waals surface area contributed by atoms with Crippen molar-refractivity contribution >= 4 is 38.5 Å². The molecule has 0 atom stereocenters. The van der Waals surface area contributed by atoms with E-state index in [4.69, 9.17) is 5.73 Å². The van der Waals surface area contributed by atoms with Crippen LogP contribution in [0.2, 0.25) is 0 Å². The second kappa shape index (κ2) is 3.84. The maximum absolute atomic E-state index is 11.8. The van der Waals surface area contributed by atoms with E-state index in [1.165, 1.54) is 0 Å². The number of nitrogens with one attached hydrogen (secondary N) is 1. The second-order valence-corrected chi connectivity index (χ2v) is 4.93. The Hall–Kier alpha value is -2.81. The number of para-hydroxylation sites is 1. The molecular weight excluding hydrogens is 248 g/mol. The van der Waals surface area contributed by atoms with Crippen LogP contribution in [0.5, 0.6) is 0 Å². The van der Waals surface area contributed by atoms with Crippen LogP contribution in [0.4, 0.5) is 0 Å². The molecule has 0 aliphatic heterocycles. The van der Waals surface area contributed by atoms with Gasteiger partial charge in [-0.1, -0.05) is 42.5 Å². The number of amides is 1. The van der Waals surface area contributed by atoms with Gasteiger partial charge in [0.2, 0.25) is 5.91 Å². The summed E-state index contributed by atoms with van der Waals surface area (Å²) < 4.78 is 0. The van der Waals surface area contributed by atoms with Crippen molar-refractivity contribution in [2.45, 2.75) is 0 Å². The summed E-state index contributed by atoms with van der Waals surface area (Å²) in [5.74, 6) is -0.398. The Bertz CT molecular complexity index is 982. The largest absolute Gasteiger partial charge is 0.366 e. The highest BCUT2D eigenvalue weighted by atomic mass is 16.1. The average Bonchev–Trinajstić information content (AvgIpc) is 2.86. The van der Waals surface area contributed by atoms with Crippen LogP contribution >= 0.6 is 0 Å². The molecule has 3 nitrogen and oxygen atoms in total. The fourth-order valence-corrected chi connectivity index (χ4v) is 2.90. The number of H-pyrrole nitrogens is 1. The first-order chi connectivity index (χ1) is 9.75. The lowest BCUT2D eigenvalue weighted by molar-refractivity contribution is 0.100. The predicted octanol–water partition coefficient (Wildman–Crippen LogP) is 3.57. The van der Waals surface area contributed by atoms with Gasteiger partial charge in [0.05, 0.1) is 5.52 Å². The van der Waals surface area contributed by atoms with Crippen LogP contribution in [0.1, 0.15) is 10.4 Å². The van der Waals surface area contributed by atoms with Gasteiger partial charge in [-0.25, -0.2) is 0 Å². The fraction of sp³-hybridized carbons (Fsp3) is 0. The van der Waals surface area contributed by atoms with Crippen molar-refractivity contribution in [3.05, 3.63) is 60.2 Å². The lowest BCUT2D eigenvalue weighted by Crippen LogP contribution is -2.11. The fourth-order valence-electron chi connectivity index (χ4n) is 2.90.